The number of methoxy groups -OCH3 is 1. The smallest absolute Gasteiger partial charge is 0.434 e. The maximum Gasteiger partial charge on any atom is 0.434 e. The van der Waals surface area contributed by atoms with E-state index in [4.69, 9.17) is 10.5 Å². The molecule has 1 aromatic carbocycles. The average molecular weight is 243 g/mol. The van der Waals surface area contributed by atoms with Gasteiger partial charge in [0.15, 0.2) is 5.69 Å². The van der Waals surface area contributed by atoms with Gasteiger partial charge < -0.3 is 10.5 Å². The predicted molar refractivity (Wildman–Crippen MR) is 55.5 cm³/mol. The molecule has 0 aliphatic rings. The van der Waals surface area contributed by atoms with Crippen molar-refractivity contribution in [1.82, 2.24) is 9.97 Å². The molecular weight excluding hydrogens is 235 g/mol. The van der Waals surface area contributed by atoms with Crippen molar-refractivity contribution in [3.05, 3.63) is 23.9 Å². The Hall–Kier alpha value is -2.05. The normalized spacial score (nSPS) is 11.8. The van der Waals surface area contributed by atoms with E-state index in [-0.39, 0.29) is 16.7 Å². The quantitative estimate of drug-likeness (QED) is 0.834. The molecule has 0 radical (unpaired) electrons. The Morgan fingerprint density at radius 1 is 1.24 bits per heavy atom. The van der Waals surface area contributed by atoms with Gasteiger partial charge in [-0.3, -0.25) is 0 Å². The third-order valence-electron chi connectivity index (χ3n) is 2.20. The largest absolute Gasteiger partial charge is 0.494 e. The number of nitrogen functional groups attached to an aromatic ring is 1. The molecule has 0 aliphatic carbocycles. The number of halogens is 3. The van der Waals surface area contributed by atoms with Crippen molar-refractivity contribution >= 4 is 16.9 Å². The van der Waals surface area contributed by atoms with Crippen molar-refractivity contribution in [1.29, 1.82) is 0 Å². The number of alkyl halides is 3. The Kier molecular flexibility index (Phi) is 2.53. The van der Waals surface area contributed by atoms with Gasteiger partial charge in [-0.25, -0.2) is 9.97 Å². The molecule has 0 saturated heterocycles. The van der Waals surface area contributed by atoms with Gasteiger partial charge in [0.05, 0.1) is 7.11 Å². The lowest BCUT2D eigenvalue weighted by Crippen LogP contribution is -2.12. The molecular formula is C10H8F3N3O. The summed E-state index contributed by atoms with van der Waals surface area (Å²) in [6.07, 6.45) is -4.58. The van der Waals surface area contributed by atoms with Crippen LogP contribution in [0.5, 0.6) is 5.75 Å². The summed E-state index contributed by atoms with van der Waals surface area (Å²) >= 11 is 0. The Labute approximate surface area is 94.2 Å². The number of ether oxygens (including phenoxy) is 1. The highest BCUT2D eigenvalue weighted by molar-refractivity contribution is 5.87. The highest BCUT2D eigenvalue weighted by Gasteiger charge is 2.35. The molecule has 17 heavy (non-hydrogen) atoms. The highest BCUT2D eigenvalue weighted by Crippen LogP contribution is 2.35. The van der Waals surface area contributed by atoms with Gasteiger partial charge in [-0.05, 0) is 6.07 Å². The van der Waals surface area contributed by atoms with Gasteiger partial charge in [0.1, 0.15) is 11.3 Å². The number of fused-ring (bicyclic) bond motifs is 1. The van der Waals surface area contributed by atoms with Crippen LogP contribution in [-0.2, 0) is 6.18 Å². The molecule has 0 aliphatic heterocycles. The molecule has 0 unspecified atom stereocenters. The molecule has 0 atom stereocenters. The first-order valence-corrected chi connectivity index (χ1v) is 4.61. The summed E-state index contributed by atoms with van der Waals surface area (Å²) in [5.74, 6) is -0.212. The van der Waals surface area contributed by atoms with Gasteiger partial charge in [-0.15, -0.1) is 0 Å². The fourth-order valence-corrected chi connectivity index (χ4v) is 1.52. The summed E-state index contributed by atoms with van der Waals surface area (Å²) in [5, 5.41) is -0.133. The lowest BCUT2D eigenvalue weighted by Gasteiger charge is -2.11. The number of rotatable bonds is 1. The molecule has 1 heterocycles. The van der Waals surface area contributed by atoms with Gasteiger partial charge >= 0.3 is 6.18 Å². The number of benzene rings is 1. The lowest BCUT2D eigenvalue weighted by atomic mass is 10.1. The highest BCUT2D eigenvalue weighted by atomic mass is 19.4. The Bertz CT molecular complexity index is 568. The first kappa shape index (κ1) is 11.4. The van der Waals surface area contributed by atoms with Crippen LogP contribution in [0.3, 0.4) is 0 Å². The average Bonchev–Trinajstić information content (AvgIpc) is 2.26. The first-order chi connectivity index (χ1) is 7.93. The molecule has 0 amide bonds. The van der Waals surface area contributed by atoms with Crippen molar-refractivity contribution in [3.8, 4) is 5.75 Å². The number of nitrogens with zero attached hydrogens (tertiary/aromatic N) is 2. The minimum absolute atomic E-state index is 0.0508. The summed E-state index contributed by atoms with van der Waals surface area (Å²) in [5.41, 5.74) is 4.26. The van der Waals surface area contributed by atoms with Crippen LogP contribution in [0, 0.1) is 0 Å². The van der Waals surface area contributed by atoms with E-state index < -0.39 is 17.8 Å². The second-order valence-corrected chi connectivity index (χ2v) is 3.28. The van der Waals surface area contributed by atoms with Gasteiger partial charge in [-0.2, -0.15) is 13.2 Å². The van der Waals surface area contributed by atoms with Crippen LogP contribution >= 0.6 is 0 Å². The van der Waals surface area contributed by atoms with Crippen LogP contribution in [0.15, 0.2) is 18.2 Å². The molecule has 0 saturated carbocycles. The third-order valence-corrected chi connectivity index (χ3v) is 2.20. The van der Waals surface area contributed by atoms with Crippen LogP contribution in [-0.4, -0.2) is 17.1 Å². The van der Waals surface area contributed by atoms with Gasteiger partial charge in [0, 0.05) is 5.39 Å². The number of para-hydroxylation sites is 1. The summed E-state index contributed by atoms with van der Waals surface area (Å²) in [6.45, 7) is 0. The summed E-state index contributed by atoms with van der Waals surface area (Å²) in [7, 11) is 1.35. The maximum atomic E-state index is 12.7. The zero-order valence-electron chi connectivity index (χ0n) is 8.75. The van der Waals surface area contributed by atoms with E-state index in [0.717, 1.165) is 0 Å². The Morgan fingerprint density at radius 2 is 1.94 bits per heavy atom. The molecule has 2 rings (SSSR count). The third kappa shape index (κ3) is 1.95. The van der Waals surface area contributed by atoms with Crippen LogP contribution in [0.25, 0.3) is 10.9 Å². The van der Waals surface area contributed by atoms with E-state index in [1.54, 1.807) is 0 Å². The molecule has 0 spiro atoms. The van der Waals surface area contributed by atoms with Gasteiger partial charge in [0.25, 0.3) is 0 Å². The maximum absolute atomic E-state index is 12.7. The van der Waals surface area contributed by atoms with Crippen molar-refractivity contribution in [2.45, 2.75) is 6.18 Å². The molecule has 0 fully saturated rings. The van der Waals surface area contributed by atoms with E-state index in [0.29, 0.717) is 0 Å². The van der Waals surface area contributed by atoms with Crippen LogP contribution in [0.1, 0.15) is 5.69 Å². The SMILES string of the molecule is COc1cccc2c(C(F)(F)F)nc(N)nc12. The van der Waals surface area contributed by atoms with Crippen molar-refractivity contribution in [3.63, 3.8) is 0 Å². The zero-order chi connectivity index (χ0) is 12.6. The summed E-state index contributed by atoms with van der Waals surface area (Å²) < 4.78 is 43.2. The van der Waals surface area contributed by atoms with Gasteiger partial charge in [0.2, 0.25) is 5.95 Å². The lowest BCUT2D eigenvalue weighted by molar-refractivity contribution is -0.139. The van der Waals surface area contributed by atoms with Gasteiger partial charge in [-0.1, -0.05) is 12.1 Å². The van der Waals surface area contributed by atoms with Crippen molar-refractivity contribution in [2.75, 3.05) is 12.8 Å². The van der Waals surface area contributed by atoms with E-state index >= 15 is 0 Å². The topological polar surface area (TPSA) is 61.0 Å². The fourth-order valence-electron chi connectivity index (χ4n) is 1.52. The number of anilines is 1. The number of nitrogens with two attached hydrogens (primary N) is 1. The molecule has 0 bridgehead atoms. The molecule has 1 aromatic heterocycles. The Balaban J connectivity index is 2.86. The molecule has 90 valence electrons. The van der Waals surface area contributed by atoms with E-state index in [2.05, 4.69) is 9.97 Å². The van der Waals surface area contributed by atoms with Crippen molar-refractivity contribution < 1.29 is 17.9 Å². The molecule has 2 aromatic rings. The minimum Gasteiger partial charge on any atom is -0.494 e. The summed E-state index contributed by atoms with van der Waals surface area (Å²) in [4.78, 5) is 7.00. The second-order valence-electron chi connectivity index (χ2n) is 3.28. The summed E-state index contributed by atoms with van der Waals surface area (Å²) in [6, 6.07) is 4.23. The number of hydrogen-bond acceptors (Lipinski definition) is 4. The number of hydrogen-bond donors (Lipinski definition) is 1. The molecule has 4 nitrogen and oxygen atoms in total. The molecule has 2 N–H and O–H groups in total. The van der Waals surface area contributed by atoms with E-state index in [1.165, 1.54) is 25.3 Å². The zero-order valence-corrected chi connectivity index (χ0v) is 8.75. The number of aromatic nitrogens is 2. The van der Waals surface area contributed by atoms with Crippen LogP contribution < -0.4 is 10.5 Å². The first-order valence-electron chi connectivity index (χ1n) is 4.61. The monoisotopic (exact) mass is 243 g/mol. The standard InChI is InChI=1S/C10H8F3N3O/c1-17-6-4-2-3-5-7(6)15-9(14)16-8(5)10(11,12)13/h2-4H,1H3,(H2,14,15,16). The Morgan fingerprint density at radius 3 is 2.53 bits per heavy atom. The van der Waals surface area contributed by atoms with Crippen molar-refractivity contribution in [2.24, 2.45) is 0 Å². The van der Waals surface area contributed by atoms with E-state index in [9.17, 15) is 13.2 Å². The predicted octanol–water partition coefficient (Wildman–Crippen LogP) is 2.24. The van der Waals surface area contributed by atoms with E-state index in [1.807, 2.05) is 0 Å². The van der Waals surface area contributed by atoms with Crippen LogP contribution in [0.2, 0.25) is 0 Å². The molecule has 7 heteroatoms. The second kappa shape index (κ2) is 3.76. The minimum atomic E-state index is -4.58. The fraction of sp³-hybridized carbons (Fsp3) is 0.200. The van der Waals surface area contributed by atoms with Crippen LogP contribution in [0.4, 0.5) is 19.1 Å².